The number of fused-ring (bicyclic) bond motifs is 3. The number of methoxy groups -OCH3 is 1. The van der Waals surface area contributed by atoms with E-state index in [1.54, 1.807) is 18.1 Å². The quantitative estimate of drug-likeness (QED) is 0.348. The highest BCUT2D eigenvalue weighted by Gasteiger charge is 2.41. The van der Waals surface area contributed by atoms with Crippen molar-refractivity contribution in [3.05, 3.63) is 59.3 Å². The molecule has 190 valence electrons. The summed E-state index contributed by atoms with van der Waals surface area (Å²) in [5.74, 6) is -1.80. The van der Waals surface area contributed by atoms with E-state index in [1.165, 1.54) is 0 Å². The Bertz CT molecular complexity index is 1130. The lowest BCUT2D eigenvalue weighted by atomic mass is 9.90. The van der Waals surface area contributed by atoms with E-state index in [2.05, 4.69) is 10.3 Å². The molecule has 0 fully saturated rings. The van der Waals surface area contributed by atoms with E-state index in [1.807, 2.05) is 36.4 Å². The molecule has 0 spiro atoms. The van der Waals surface area contributed by atoms with Crippen molar-refractivity contribution in [2.45, 2.75) is 37.9 Å². The van der Waals surface area contributed by atoms with Crippen LogP contribution in [0, 0.1) is 0 Å². The van der Waals surface area contributed by atoms with Crippen molar-refractivity contribution in [2.75, 3.05) is 40.0 Å². The fourth-order valence-electron chi connectivity index (χ4n) is 4.79. The summed E-state index contributed by atoms with van der Waals surface area (Å²) in [7, 11) is 1.55. The van der Waals surface area contributed by atoms with Crippen molar-refractivity contribution in [3.8, 4) is 11.5 Å². The first-order chi connectivity index (χ1) is 16.8. The van der Waals surface area contributed by atoms with Gasteiger partial charge in [0.2, 0.25) is 0 Å². The molecule has 0 radical (unpaired) electrons. The zero-order chi connectivity index (χ0) is 25.0. The zero-order valence-electron chi connectivity index (χ0n) is 20.1. The van der Waals surface area contributed by atoms with Gasteiger partial charge in [-0.1, -0.05) is 18.2 Å². The van der Waals surface area contributed by atoms with Crippen molar-refractivity contribution >= 4 is 10.9 Å². The molecule has 2 atom stereocenters. The first-order valence-electron chi connectivity index (χ1n) is 11.9. The standard InChI is InChI=1S/C26H33F3N4O2/c1-26(28,29)16-33-23(30)15-20-18-6-3-4-7-21(18)32-24(20)25(33)19-9-8-17(14-22(19)34-2)35-13-12-31-11-5-10-27/h3-4,6-9,14,23,25,31-32H,5,10-13,15-16,30H2,1-2H3/t23-,25+/m0/s1. The molecule has 4 rings (SSSR count). The van der Waals surface area contributed by atoms with Crippen LogP contribution in [-0.4, -0.2) is 62.0 Å². The van der Waals surface area contributed by atoms with Gasteiger partial charge in [-0.15, -0.1) is 0 Å². The number of aromatic amines is 1. The number of aromatic nitrogens is 1. The normalized spacial score (nSPS) is 18.6. The Morgan fingerprint density at radius 1 is 1.20 bits per heavy atom. The Morgan fingerprint density at radius 2 is 2.00 bits per heavy atom. The Morgan fingerprint density at radius 3 is 2.74 bits per heavy atom. The largest absolute Gasteiger partial charge is 0.496 e. The fourth-order valence-corrected chi connectivity index (χ4v) is 4.79. The Labute approximate surface area is 203 Å². The van der Waals surface area contributed by atoms with Crippen LogP contribution < -0.4 is 20.5 Å². The van der Waals surface area contributed by atoms with Gasteiger partial charge in [0.05, 0.1) is 32.5 Å². The molecule has 0 unspecified atom stereocenters. The van der Waals surface area contributed by atoms with Crippen molar-refractivity contribution in [1.29, 1.82) is 0 Å². The average molecular weight is 491 g/mol. The second-order valence-electron chi connectivity index (χ2n) is 9.02. The van der Waals surface area contributed by atoms with Gasteiger partial charge >= 0.3 is 0 Å². The van der Waals surface area contributed by atoms with E-state index in [4.69, 9.17) is 15.2 Å². The molecule has 2 aromatic carbocycles. The predicted octanol–water partition coefficient (Wildman–Crippen LogP) is 4.39. The summed E-state index contributed by atoms with van der Waals surface area (Å²) in [5, 5.41) is 4.16. The smallest absolute Gasteiger partial charge is 0.257 e. The minimum absolute atomic E-state index is 0.351. The summed E-state index contributed by atoms with van der Waals surface area (Å²) >= 11 is 0. The summed E-state index contributed by atoms with van der Waals surface area (Å²) < 4.78 is 52.2. The lowest BCUT2D eigenvalue weighted by molar-refractivity contribution is -0.0385. The Balaban J connectivity index is 1.68. The highest BCUT2D eigenvalue weighted by atomic mass is 19.3. The number of rotatable bonds is 11. The molecule has 3 aromatic rings. The molecule has 0 amide bonds. The Hall–Kier alpha value is -2.75. The van der Waals surface area contributed by atoms with E-state index in [0.717, 1.165) is 34.6 Å². The number of halogens is 3. The highest BCUT2D eigenvalue weighted by molar-refractivity contribution is 5.85. The number of alkyl halides is 3. The maximum Gasteiger partial charge on any atom is 0.257 e. The maximum atomic E-state index is 14.3. The molecule has 6 nitrogen and oxygen atoms in total. The van der Waals surface area contributed by atoms with Crippen LogP contribution in [0.2, 0.25) is 0 Å². The number of H-pyrrole nitrogens is 1. The van der Waals surface area contributed by atoms with Crippen LogP contribution in [-0.2, 0) is 6.42 Å². The van der Waals surface area contributed by atoms with Crippen LogP contribution in [0.4, 0.5) is 13.2 Å². The number of nitrogens with zero attached hydrogens (tertiary/aromatic N) is 1. The summed E-state index contributed by atoms with van der Waals surface area (Å²) in [6.07, 6.45) is 0.341. The molecule has 1 aliphatic heterocycles. The van der Waals surface area contributed by atoms with E-state index >= 15 is 0 Å². The third kappa shape index (κ3) is 5.74. The van der Waals surface area contributed by atoms with Crippen molar-refractivity contribution in [3.63, 3.8) is 0 Å². The summed E-state index contributed by atoms with van der Waals surface area (Å²) in [6, 6.07) is 12.8. The molecule has 0 bridgehead atoms. The number of nitrogens with one attached hydrogen (secondary N) is 2. The van der Waals surface area contributed by atoms with Crippen LogP contribution in [0.25, 0.3) is 10.9 Å². The topological polar surface area (TPSA) is 75.5 Å². The molecule has 1 aliphatic rings. The molecule has 1 aromatic heterocycles. The number of hydrogen-bond donors (Lipinski definition) is 3. The molecule has 35 heavy (non-hydrogen) atoms. The van der Waals surface area contributed by atoms with E-state index < -0.39 is 24.7 Å². The molecule has 4 N–H and O–H groups in total. The van der Waals surface area contributed by atoms with Gasteiger partial charge in [0.1, 0.15) is 18.1 Å². The van der Waals surface area contributed by atoms with Crippen LogP contribution in [0.3, 0.4) is 0 Å². The minimum Gasteiger partial charge on any atom is -0.496 e. The van der Waals surface area contributed by atoms with Crippen LogP contribution >= 0.6 is 0 Å². The van der Waals surface area contributed by atoms with Crippen LogP contribution in [0.1, 0.15) is 36.2 Å². The highest BCUT2D eigenvalue weighted by Crippen LogP contribution is 2.44. The van der Waals surface area contributed by atoms with Crippen molar-refractivity contribution in [2.24, 2.45) is 5.73 Å². The third-order valence-corrected chi connectivity index (χ3v) is 6.29. The van der Waals surface area contributed by atoms with Gasteiger partial charge < -0.3 is 25.5 Å². The number of nitrogens with two attached hydrogens (primary N) is 1. The van der Waals surface area contributed by atoms with Gasteiger partial charge in [-0.2, -0.15) is 0 Å². The predicted molar refractivity (Wildman–Crippen MR) is 131 cm³/mol. The second-order valence-corrected chi connectivity index (χ2v) is 9.02. The third-order valence-electron chi connectivity index (χ3n) is 6.29. The zero-order valence-corrected chi connectivity index (χ0v) is 20.1. The fraction of sp³-hybridized carbons (Fsp3) is 0.462. The maximum absolute atomic E-state index is 14.3. The van der Waals surface area contributed by atoms with Gasteiger partial charge in [0.15, 0.2) is 0 Å². The van der Waals surface area contributed by atoms with Gasteiger partial charge in [0, 0.05) is 48.1 Å². The van der Waals surface area contributed by atoms with Gasteiger partial charge in [0.25, 0.3) is 5.92 Å². The van der Waals surface area contributed by atoms with Gasteiger partial charge in [-0.05, 0) is 36.7 Å². The van der Waals surface area contributed by atoms with Crippen molar-refractivity contribution in [1.82, 2.24) is 15.2 Å². The summed E-state index contributed by atoms with van der Waals surface area (Å²) in [6.45, 7) is 1.65. The van der Waals surface area contributed by atoms with E-state index in [0.29, 0.717) is 44.0 Å². The monoisotopic (exact) mass is 490 g/mol. The van der Waals surface area contributed by atoms with E-state index in [-0.39, 0.29) is 6.67 Å². The van der Waals surface area contributed by atoms with Crippen LogP contribution in [0.5, 0.6) is 11.5 Å². The SMILES string of the molecule is COc1cc(OCCNCCCF)ccc1[C@@H]1c2[nH]c3ccccc3c2C[C@@H](N)N1CC(C)(F)F. The molecule has 0 aliphatic carbocycles. The van der Waals surface area contributed by atoms with E-state index in [9.17, 15) is 13.2 Å². The molecule has 0 saturated heterocycles. The summed E-state index contributed by atoms with van der Waals surface area (Å²) in [4.78, 5) is 5.11. The number of para-hydroxylation sites is 1. The van der Waals surface area contributed by atoms with Crippen LogP contribution in [0.15, 0.2) is 42.5 Å². The Kier molecular flexibility index (Phi) is 7.88. The molecule has 2 heterocycles. The molecular weight excluding hydrogens is 457 g/mol. The number of hydrogen-bond acceptors (Lipinski definition) is 5. The van der Waals surface area contributed by atoms with Crippen molar-refractivity contribution < 1.29 is 22.6 Å². The molecule has 9 heteroatoms. The first-order valence-corrected chi connectivity index (χ1v) is 11.9. The van der Waals surface area contributed by atoms with Gasteiger partial charge in [-0.25, -0.2) is 8.78 Å². The number of ether oxygens (including phenoxy) is 2. The van der Waals surface area contributed by atoms with Gasteiger partial charge in [-0.3, -0.25) is 9.29 Å². The lowest BCUT2D eigenvalue weighted by Crippen LogP contribution is -2.52. The number of benzene rings is 2. The molecule has 0 saturated carbocycles. The second kappa shape index (κ2) is 10.9. The first kappa shape index (κ1) is 25.3. The lowest BCUT2D eigenvalue weighted by Gasteiger charge is -2.42. The molecular formula is C26H33F3N4O2. The average Bonchev–Trinajstić information content (AvgIpc) is 3.19. The summed E-state index contributed by atoms with van der Waals surface area (Å²) in [5.41, 5.74) is 10.1. The minimum atomic E-state index is -2.93.